The van der Waals surface area contributed by atoms with E-state index in [1.165, 1.54) is 6.42 Å². The molecule has 3 rings (SSSR count). The number of likely N-dealkylation sites (tertiary alicyclic amines) is 1. The van der Waals surface area contributed by atoms with Crippen molar-refractivity contribution in [2.24, 2.45) is 0 Å². The molecular formula is C20H29BrN4O2. The van der Waals surface area contributed by atoms with Gasteiger partial charge in [0.15, 0.2) is 0 Å². The molecule has 1 atom stereocenters. The van der Waals surface area contributed by atoms with E-state index in [2.05, 4.69) is 31.0 Å². The number of carbonyl (C=O) groups excluding carboxylic acids is 2. The van der Waals surface area contributed by atoms with Crippen LogP contribution in [-0.4, -0.2) is 78.4 Å². The summed E-state index contributed by atoms with van der Waals surface area (Å²) in [6.07, 6.45) is 3.50. The molecule has 2 aliphatic heterocycles. The lowest BCUT2D eigenvalue weighted by Crippen LogP contribution is -2.54. The average Bonchev–Trinajstić information content (AvgIpc) is 2.68. The predicted molar refractivity (Wildman–Crippen MR) is 111 cm³/mol. The number of amides is 2. The van der Waals surface area contributed by atoms with Crippen molar-refractivity contribution in [2.75, 3.05) is 51.1 Å². The third kappa shape index (κ3) is 5.77. The van der Waals surface area contributed by atoms with Crippen molar-refractivity contribution in [3.63, 3.8) is 0 Å². The first-order valence-electron chi connectivity index (χ1n) is 9.83. The Labute approximate surface area is 170 Å². The number of hydrogen-bond donors (Lipinski definition) is 1. The molecule has 1 unspecified atom stereocenters. The van der Waals surface area contributed by atoms with Crippen LogP contribution in [-0.2, 0) is 9.59 Å². The smallest absolute Gasteiger partial charge is 0.241 e. The van der Waals surface area contributed by atoms with Crippen LogP contribution in [0.1, 0.15) is 26.2 Å². The van der Waals surface area contributed by atoms with Crippen molar-refractivity contribution in [1.82, 2.24) is 14.7 Å². The second kappa shape index (κ2) is 9.66. The van der Waals surface area contributed by atoms with Gasteiger partial charge in [-0.3, -0.25) is 19.4 Å². The van der Waals surface area contributed by atoms with Gasteiger partial charge in [0.05, 0.1) is 12.6 Å². The fourth-order valence-corrected chi connectivity index (χ4v) is 4.12. The second-order valence-corrected chi connectivity index (χ2v) is 8.34. The minimum Gasteiger partial charge on any atom is -0.342 e. The van der Waals surface area contributed by atoms with Crippen LogP contribution in [0.3, 0.4) is 0 Å². The molecule has 0 aromatic heterocycles. The molecule has 2 saturated heterocycles. The molecule has 2 heterocycles. The number of carbonyl (C=O) groups is 2. The monoisotopic (exact) mass is 436 g/mol. The quantitative estimate of drug-likeness (QED) is 0.769. The number of benzene rings is 1. The third-order valence-electron chi connectivity index (χ3n) is 5.49. The summed E-state index contributed by atoms with van der Waals surface area (Å²) in [7, 11) is 0. The average molecular weight is 437 g/mol. The van der Waals surface area contributed by atoms with Crippen LogP contribution in [0.25, 0.3) is 0 Å². The van der Waals surface area contributed by atoms with Gasteiger partial charge in [-0.15, -0.1) is 0 Å². The SMILES string of the molecule is CC(C(=O)Nc1cccc(Br)c1)N1CCN(CC(=O)N2CCCCC2)CC1. The van der Waals surface area contributed by atoms with Crippen LogP contribution >= 0.6 is 15.9 Å². The normalized spacial score (nSPS) is 20.3. The Morgan fingerprint density at radius 3 is 2.44 bits per heavy atom. The Morgan fingerprint density at radius 1 is 1.07 bits per heavy atom. The number of anilines is 1. The minimum absolute atomic E-state index is 0.00550. The molecule has 1 N–H and O–H groups in total. The highest BCUT2D eigenvalue weighted by atomic mass is 79.9. The summed E-state index contributed by atoms with van der Waals surface area (Å²) in [6.45, 7) is 7.54. The number of halogens is 1. The van der Waals surface area contributed by atoms with Gasteiger partial charge in [0, 0.05) is 49.4 Å². The Kier molecular flexibility index (Phi) is 7.26. The number of nitrogens with one attached hydrogen (secondary N) is 1. The fourth-order valence-electron chi connectivity index (χ4n) is 3.72. The Hall–Kier alpha value is -1.44. The van der Waals surface area contributed by atoms with Crippen molar-refractivity contribution in [1.29, 1.82) is 0 Å². The summed E-state index contributed by atoms with van der Waals surface area (Å²) >= 11 is 3.42. The van der Waals surface area contributed by atoms with E-state index in [0.717, 1.165) is 62.3 Å². The molecule has 27 heavy (non-hydrogen) atoms. The van der Waals surface area contributed by atoms with E-state index < -0.39 is 0 Å². The maximum atomic E-state index is 12.5. The topological polar surface area (TPSA) is 55.9 Å². The number of rotatable bonds is 5. The van der Waals surface area contributed by atoms with E-state index >= 15 is 0 Å². The first-order valence-corrected chi connectivity index (χ1v) is 10.6. The maximum Gasteiger partial charge on any atom is 0.241 e. The first kappa shape index (κ1) is 20.3. The molecule has 6 nitrogen and oxygen atoms in total. The van der Waals surface area contributed by atoms with Crippen molar-refractivity contribution in [2.45, 2.75) is 32.2 Å². The summed E-state index contributed by atoms with van der Waals surface area (Å²) in [5, 5.41) is 2.98. The summed E-state index contributed by atoms with van der Waals surface area (Å²) in [6, 6.07) is 7.43. The minimum atomic E-state index is -0.191. The van der Waals surface area contributed by atoms with Crippen LogP contribution in [0.2, 0.25) is 0 Å². The van der Waals surface area contributed by atoms with Gasteiger partial charge < -0.3 is 10.2 Å². The lowest BCUT2D eigenvalue weighted by molar-refractivity contribution is -0.134. The Morgan fingerprint density at radius 2 is 1.78 bits per heavy atom. The highest BCUT2D eigenvalue weighted by Gasteiger charge is 2.27. The van der Waals surface area contributed by atoms with Gasteiger partial charge in [-0.2, -0.15) is 0 Å². The van der Waals surface area contributed by atoms with E-state index in [-0.39, 0.29) is 17.9 Å². The molecule has 2 amide bonds. The zero-order valence-corrected chi connectivity index (χ0v) is 17.6. The second-order valence-electron chi connectivity index (χ2n) is 7.43. The Bertz CT molecular complexity index is 655. The first-order chi connectivity index (χ1) is 13.0. The molecule has 0 spiro atoms. The highest BCUT2D eigenvalue weighted by molar-refractivity contribution is 9.10. The van der Waals surface area contributed by atoms with Crippen molar-refractivity contribution >= 4 is 33.4 Å². The number of hydrogen-bond acceptors (Lipinski definition) is 4. The lowest BCUT2D eigenvalue weighted by Gasteiger charge is -2.38. The van der Waals surface area contributed by atoms with Crippen LogP contribution in [0.4, 0.5) is 5.69 Å². The van der Waals surface area contributed by atoms with Gasteiger partial charge in [-0.1, -0.05) is 22.0 Å². The Balaban J connectivity index is 1.43. The van der Waals surface area contributed by atoms with Gasteiger partial charge in [-0.25, -0.2) is 0 Å². The number of nitrogens with zero attached hydrogens (tertiary/aromatic N) is 3. The van der Waals surface area contributed by atoms with Crippen LogP contribution in [0, 0.1) is 0 Å². The lowest BCUT2D eigenvalue weighted by atomic mass is 10.1. The van der Waals surface area contributed by atoms with Crippen molar-refractivity contribution in [3.05, 3.63) is 28.7 Å². The van der Waals surface area contributed by atoms with Gasteiger partial charge >= 0.3 is 0 Å². The van der Waals surface area contributed by atoms with E-state index in [1.54, 1.807) is 0 Å². The van der Waals surface area contributed by atoms with Crippen molar-refractivity contribution < 1.29 is 9.59 Å². The molecule has 7 heteroatoms. The third-order valence-corrected chi connectivity index (χ3v) is 5.99. The van der Waals surface area contributed by atoms with Crippen molar-refractivity contribution in [3.8, 4) is 0 Å². The maximum absolute atomic E-state index is 12.5. The standard InChI is InChI=1S/C20H29BrN4O2/c1-16(20(27)22-18-7-5-6-17(21)14-18)24-12-10-23(11-13-24)15-19(26)25-8-3-2-4-9-25/h5-7,14,16H,2-4,8-13,15H2,1H3,(H,22,27). The highest BCUT2D eigenvalue weighted by Crippen LogP contribution is 2.17. The van der Waals surface area contributed by atoms with Gasteiger partial charge in [0.2, 0.25) is 11.8 Å². The molecule has 148 valence electrons. The van der Waals surface area contributed by atoms with Crippen LogP contribution in [0.5, 0.6) is 0 Å². The van der Waals surface area contributed by atoms with Crippen LogP contribution in [0.15, 0.2) is 28.7 Å². The molecule has 1 aromatic rings. The molecule has 1 aromatic carbocycles. The number of piperazine rings is 1. The molecule has 0 aliphatic carbocycles. The van der Waals surface area contributed by atoms with E-state index in [0.29, 0.717) is 6.54 Å². The molecule has 0 radical (unpaired) electrons. The van der Waals surface area contributed by atoms with Gasteiger partial charge in [0.25, 0.3) is 0 Å². The van der Waals surface area contributed by atoms with E-state index in [9.17, 15) is 9.59 Å². The summed E-state index contributed by atoms with van der Waals surface area (Å²) < 4.78 is 0.944. The van der Waals surface area contributed by atoms with Crippen LogP contribution < -0.4 is 5.32 Å². The van der Waals surface area contributed by atoms with Gasteiger partial charge in [0.1, 0.15) is 0 Å². The summed E-state index contributed by atoms with van der Waals surface area (Å²) in [4.78, 5) is 31.4. The predicted octanol–water partition coefficient (Wildman–Crippen LogP) is 2.41. The van der Waals surface area contributed by atoms with Gasteiger partial charge in [-0.05, 0) is 44.4 Å². The summed E-state index contributed by atoms with van der Waals surface area (Å²) in [5.41, 5.74) is 0.798. The molecule has 2 fully saturated rings. The van der Waals surface area contributed by atoms with E-state index in [1.807, 2.05) is 36.1 Å². The fraction of sp³-hybridized carbons (Fsp3) is 0.600. The molecule has 0 saturated carbocycles. The number of piperidine rings is 1. The zero-order chi connectivity index (χ0) is 19.2. The molecule has 0 bridgehead atoms. The largest absolute Gasteiger partial charge is 0.342 e. The molecule has 2 aliphatic rings. The summed E-state index contributed by atoms with van der Waals surface area (Å²) in [5.74, 6) is 0.259. The van der Waals surface area contributed by atoms with E-state index in [4.69, 9.17) is 0 Å². The molecular weight excluding hydrogens is 408 g/mol. The zero-order valence-electron chi connectivity index (χ0n) is 16.0.